The largest absolute Gasteiger partial charge is 0.489 e. The Kier molecular flexibility index (Phi) is 6.71. The van der Waals surface area contributed by atoms with Crippen molar-refractivity contribution < 1.29 is 17.9 Å². The molecule has 0 fully saturated rings. The first-order valence-electron chi connectivity index (χ1n) is 8.72. The van der Waals surface area contributed by atoms with Gasteiger partial charge in [-0.15, -0.1) is 0 Å². The van der Waals surface area contributed by atoms with Gasteiger partial charge in [0.1, 0.15) is 12.4 Å². The van der Waals surface area contributed by atoms with Crippen molar-refractivity contribution in [3.05, 3.63) is 99.0 Å². The maximum atomic E-state index is 12.7. The standard InChI is InChI=1S/C23H14Cl2F3NO/c24-21-10-3-16(12-22(21)25)14-30-20-8-4-17(5-9-20)18(13-29)11-15-1-6-19(7-2-15)23(26,27)28/h1-12H,14H2/b18-11+. The van der Waals surface area contributed by atoms with E-state index in [1.54, 1.807) is 36.4 Å². The highest BCUT2D eigenvalue weighted by Gasteiger charge is 2.29. The predicted molar refractivity (Wildman–Crippen MR) is 112 cm³/mol. The number of ether oxygens (including phenoxy) is 1. The van der Waals surface area contributed by atoms with Crippen molar-refractivity contribution in [2.75, 3.05) is 0 Å². The molecule has 0 heterocycles. The van der Waals surface area contributed by atoms with Gasteiger partial charge in [0, 0.05) is 0 Å². The fourth-order valence-corrected chi connectivity index (χ4v) is 2.96. The first kappa shape index (κ1) is 21.8. The zero-order valence-electron chi connectivity index (χ0n) is 15.4. The normalized spacial score (nSPS) is 11.8. The lowest BCUT2D eigenvalue weighted by molar-refractivity contribution is -0.137. The van der Waals surface area contributed by atoms with E-state index in [9.17, 15) is 18.4 Å². The molecule has 0 radical (unpaired) electrons. The highest BCUT2D eigenvalue weighted by Crippen LogP contribution is 2.30. The summed E-state index contributed by atoms with van der Waals surface area (Å²) < 4.78 is 43.7. The molecule has 0 spiro atoms. The minimum Gasteiger partial charge on any atom is -0.489 e. The molecule has 0 amide bonds. The lowest BCUT2D eigenvalue weighted by Gasteiger charge is -2.08. The van der Waals surface area contributed by atoms with Crippen LogP contribution in [0.2, 0.25) is 10.0 Å². The number of allylic oxidation sites excluding steroid dienone is 1. The highest BCUT2D eigenvalue weighted by atomic mass is 35.5. The van der Waals surface area contributed by atoms with Crippen LogP contribution in [0.1, 0.15) is 22.3 Å². The number of halogens is 5. The molecule has 152 valence electrons. The summed E-state index contributed by atoms with van der Waals surface area (Å²) in [4.78, 5) is 0. The molecule has 30 heavy (non-hydrogen) atoms. The second-order valence-corrected chi connectivity index (χ2v) is 7.17. The van der Waals surface area contributed by atoms with Crippen LogP contribution in [-0.2, 0) is 12.8 Å². The van der Waals surface area contributed by atoms with E-state index < -0.39 is 11.7 Å². The van der Waals surface area contributed by atoms with Gasteiger partial charge >= 0.3 is 6.18 Å². The van der Waals surface area contributed by atoms with Gasteiger partial charge in [-0.25, -0.2) is 0 Å². The van der Waals surface area contributed by atoms with Crippen molar-refractivity contribution in [1.29, 1.82) is 5.26 Å². The van der Waals surface area contributed by atoms with Crippen LogP contribution in [0.15, 0.2) is 66.7 Å². The minimum absolute atomic E-state index is 0.294. The van der Waals surface area contributed by atoms with Gasteiger partial charge in [-0.2, -0.15) is 18.4 Å². The Labute approximate surface area is 181 Å². The fraction of sp³-hybridized carbons (Fsp3) is 0.0870. The summed E-state index contributed by atoms with van der Waals surface area (Å²) in [5.74, 6) is 0.594. The third kappa shape index (κ3) is 5.56. The minimum atomic E-state index is -4.40. The van der Waals surface area contributed by atoms with Crippen LogP contribution in [0.5, 0.6) is 5.75 Å². The van der Waals surface area contributed by atoms with Crippen LogP contribution in [0.4, 0.5) is 13.2 Å². The molecule has 0 saturated heterocycles. The third-order valence-corrected chi connectivity index (χ3v) is 4.96. The molecule has 3 aromatic carbocycles. The second kappa shape index (κ2) is 9.25. The first-order chi connectivity index (χ1) is 14.3. The fourth-order valence-electron chi connectivity index (χ4n) is 2.64. The Morgan fingerprint density at radius 2 is 1.60 bits per heavy atom. The van der Waals surface area contributed by atoms with Gasteiger partial charge in [0.15, 0.2) is 0 Å². The molecule has 3 aromatic rings. The second-order valence-electron chi connectivity index (χ2n) is 6.35. The molecule has 0 aliphatic carbocycles. The van der Waals surface area contributed by atoms with E-state index in [0.29, 0.717) is 39.1 Å². The van der Waals surface area contributed by atoms with Crippen molar-refractivity contribution >= 4 is 34.9 Å². The summed E-state index contributed by atoms with van der Waals surface area (Å²) in [7, 11) is 0. The van der Waals surface area contributed by atoms with Gasteiger partial charge in [-0.05, 0) is 71.3 Å². The first-order valence-corrected chi connectivity index (χ1v) is 9.48. The predicted octanol–water partition coefficient (Wildman–Crippen LogP) is 7.66. The SMILES string of the molecule is N#C/C(=C\c1ccc(C(F)(F)F)cc1)c1ccc(OCc2ccc(Cl)c(Cl)c2)cc1. The molecule has 0 aliphatic rings. The molecule has 0 N–H and O–H groups in total. The molecule has 3 rings (SSSR count). The summed E-state index contributed by atoms with van der Waals surface area (Å²) in [5, 5.41) is 10.4. The molecule has 0 saturated carbocycles. The monoisotopic (exact) mass is 447 g/mol. The zero-order chi connectivity index (χ0) is 21.7. The summed E-state index contributed by atoms with van der Waals surface area (Å²) in [6.45, 7) is 0.294. The van der Waals surface area contributed by atoms with E-state index in [1.165, 1.54) is 18.2 Å². The summed E-state index contributed by atoms with van der Waals surface area (Å²) in [6.07, 6.45) is -2.86. The van der Waals surface area contributed by atoms with Crippen LogP contribution in [-0.4, -0.2) is 0 Å². The Morgan fingerprint density at radius 3 is 2.17 bits per heavy atom. The van der Waals surface area contributed by atoms with Crippen LogP contribution < -0.4 is 4.74 Å². The summed E-state index contributed by atoms with van der Waals surface area (Å²) in [5.41, 5.74) is 1.57. The number of rotatable bonds is 5. The maximum absolute atomic E-state index is 12.7. The Bertz CT molecular complexity index is 1100. The molecule has 0 aliphatic heterocycles. The Morgan fingerprint density at radius 1 is 0.933 bits per heavy atom. The van der Waals surface area contributed by atoms with Crippen molar-refractivity contribution in [3.8, 4) is 11.8 Å². The average molecular weight is 448 g/mol. The molecule has 0 aromatic heterocycles. The van der Waals surface area contributed by atoms with Crippen molar-refractivity contribution in [2.24, 2.45) is 0 Å². The van der Waals surface area contributed by atoms with Crippen LogP contribution in [0.3, 0.4) is 0 Å². The van der Waals surface area contributed by atoms with Crippen LogP contribution in [0, 0.1) is 11.3 Å². The average Bonchev–Trinajstić information content (AvgIpc) is 2.73. The van der Waals surface area contributed by atoms with Crippen LogP contribution in [0.25, 0.3) is 11.6 Å². The smallest absolute Gasteiger partial charge is 0.416 e. The van der Waals surface area contributed by atoms with E-state index in [-0.39, 0.29) is 0 Å². The maximum Gasteiger partial charge on any atom is 0.416 e. The van der Waals surface area contributed by atoms with Crippen molar-refractivity contribution in [2.45, 2.75) is 12.8 Å². The van der Waals surface area contributed by atoms with Crippen LogP contribution >= 0.6 is 23.2 Å². The Balaban J connectivity index is 1.71. The van der Waals surface area contributed by atoms with Gasteiger partial charge in [0.05, 0.1) is 27.3 Å². The number of nitrogens with zero attached hydrogens (tertiary/aromatic N) is 1. The van der Waals surface area contributed by atoms with Gasteiger partial charge in [-0.1, -0.05) is 41.4 Å². The number of benzene rings is 3. The third-order valence-electron chi connectivity index (χ3n) is 4.22. The van der Waals surface area contributed by atoms with E-state index in [2.05, 4.69) is 6.07 Å². The molecule has 0 bridgehead atoms. The molecule has 7 heteroatoms. The summed E-state index contributed by atoms with van der Waals surface area (Å²) >= 11 is 11.9. The number of alkyl halides is 3. The van der Waals surface area contributed by atoms with Gasteiger partial charge in [-0.3, -0.25) is 0 Å². The number of hydrogen-bond donors (Lipinski definition) is 0. The molecular weight excluding hydrogens is 434 g/mol. The molecular formula is C23H14Cl2F3NO. The topological polar surface area (TPSA) is 33.0 Å². The van der Waals surface area contributed by atoms with Gasteiger partial charge in [0.25, 0.3) is 0 Å². The molecule has 0 atom stereocenters. The van der Waals surface area contributed by atoms with E-state index in [4.69, 9.17) is 27.9 Å². The molecule has 2 nitrogen and oxygen atoms in total. The van der Waals surface area contributed by atoms with E-state index in [0.717, 1.165) is 17.7 Å². The lowest BCUT2D eigenvalue weighted by Crippen LogP contribution is -2.03. The quantitative estimate of drug-likeness (QED) is 0.297. The highest BCUT2D eigenvalue weighted by molar-refractivity contribution is 6.42. The van der Waals surface area contributed by atoms with Gasteiger partial charge < -0.3 is 4.74 Å². The Hall–Kier alpha value is -2.94. The van der Waals surface area contributed by atoms with Crippen molar-refractivity contribution in [1.82, 2.24) is 0 Å². The van der Waals surface area contributed by atoms with Crippen molar-refractivity contribution in [3.63, 3.8) is 0 Å². The zero-order valence-corrected chi connectivity index (χ0v) is 16.9. The van der Waals surface area contributed by atoms with E-state index >= 15 is 0 Å². The summed E-state index contributed by atoms with van der Waals surface area (Å²) in [6, 6.07) is 18.8. The van der Waals surface area contributed by atoms with E-state index in [1.807, 2.05) is 6.07 Å². The number of nitriles is 1. The molecule has 0 unspecified atom stereocenters. The number of hydrogen-bond acceptors (Lipinski definition) is 2. The lowest BCUT2D eigenvalue weighted by atomic mass is 10.0. The van der Waals surface area contributed by atoms with Gasteiger partial charge in [0.2, 0.25) is 0 Å².